The molecule has 2 N–H and O–H groups in total. The molecule has 5 nitrogen and oxygen atoms in total. The lowest BCUT2D eigenvalue weighted by Crippen LogP contribution is -2.15. The summed E-state index contributed by atoms with van der Waals surface area (Å²) >= 11 is 1.59. The number of carboxylic acids is 1. The number of thiophene rings is 1. The summed E-state index contributed by atoms with van der Waals surface area (Å²) < 4.78 is 5.05. The van der Waals surface area contributed by atoms with Crippen molar-refractivity contribution < 1.29 is 19.4 Å². The molecule has 0 aliphatic carbocycles. The van der Waals surface area contributed by atoms with Crippen molar-refractivity contribution in [2.45, 2.75) is 12.8 Å². The number of anilines is 1. The van der Waals surface area contributed by atoms with Crippen molar-refractivity contribution in [3.63, 3.8) is 0 Å². The number of hydrogen-bond donors (Lipinski definition) is 2. The molecule has 1 aromatic carbocycles. The molecule has 0 aliphatic rings. The van der Waals surface area contributed by atoms with Crippen molar-refractivity contribution in [2.75, 3.05) is 12.4 Å². The van der Waals surface area contributed by atoms with Gasteiger partial charge in [-0.1, -0.05) is 6.07 Å². The molecule has 21 heavy (non-hydrogen) atoms. The summed E-state index contributed by atoms with van der Waals surface area (Å²) in [5.74, 6) is -0.820. The molecule has 0 aliphatic heterocycles. The number of benzene rings is 1. The van der Waals surface area contributed by atoms with E-state index in [1.807, 2.05) is 17.5 Å². The lowest BCUT2D eigenvalue weighted by atomic mass is 10.1. The monoisotopic (exact) mass is 305 g/mol. The predicted octanol–water partition coefficient (Wildman–Crippen LogP) is 3.03. The molecule has 1 heterocycles. The van der Waals surface area contributed by atoms with Crippen molar-refractivity contribution in [3.05, 3.63) is 46.2 Å². The van der Waals surface area contributed by atoms with Crippen molar-refractivity contribution in [2.24, 2.45) is 0 Å². The van der Waals surface area contributed by atoms with Crippen LogP contribution in [-0.2, 0) is 11.2 Å². The van der Waals surface area contributed by atoms with Gasteiger partial charge in [0.2, 0.25) is 5.91 Å². The molecular formula is C15H15NO4S. The first kappa shape index (κ1) is 15.1. The van der Waals surface area contributed by atoms with Crippen LogP contribution in [-0.4, -0.2) is 24.1 Å². The number of aryl methyl sites for hydroxylation is 1. The minimum absolute atomic E-state index is 0.0419. The number of carbonyl (C=O) groups excluding carboxylic acids is 1. The van der Waals surface area contributed by atoms with Crippen LogP contribution in [0, 0.1) is 0 Å². The molecule has 0 unspecified atom stereocenters. The molecule has 0 spiro atoms. The van der Waals surface area contributed by atoms with Gasteiger partial charge in [-0.05, 0) is 30.0 Å². The fourth-order valence-electron chi connectivity index (χ4n) is 1.84. The smallest absolute Gasteiger partial charge is 0.337 e. The number of rotatable bonds is 6. The van der Waals surface area contributed by atoms with Crippen molar-refractivity contribution in [3.8, 4) is 5.75 Å². The molecule has 0 fully saturated rings. The Kier molecular flexibility index (Phi) is 4.94. The Labute approximate surface area is 126 Å². The summed E-state index contributed by atoms with van der Waals surface area (Å²) in [6.07, 6.45) is 0.937. The first-order chi connectivity index (χ1) is 10.1. The van der Waals surface area contributed by atoms with Crippen LogP contribution >= 0.6 is 11.3 Å². The van der Waals surface area contributed by atoms with Crippen LogP contribution < -0.4 is 10.1 Å². The predicted molar refractivity (Wildman–Crippen MR) is 81.2 cm³/mol. The standard InChI is InChI=1S/C15H15NO4S/c1-20-10-4-6-12(15(18)19)13(9-10)16-14(17)7-5-11-3-2-8-21-11/h2-4,6,8-9H,5,7H2,1H3,(H,16,17)(H,18,19). The Morgan fingerprint density at radius 1 is 1.33 bits per heavy atom. The van der Waals surface area contributed by atoms with Crippen LogP contribution in [0.1, 0.15) is 21.7 Å². The molecule has 0 saturated heterocycles. The summed E-state index contributed by atoms with van der Waals surface area (Å²) in [6.45, 7) is 0. The molecule has 110 valence electrons. The van der Waals surface area contributed by atoms with E-state index in [1.54, 1.807) is 17.4 Å². The van der Waals surface area contributed by atoms with E-state index in [1.165, 1.54) is 19.2 Å². The maximum Gasteiger partial charge on any atom is 0.337 e. The molecule has 2 aromatic rings. The minimum atomic E-state index is -1.09. The molecule has 0 saturated carbocycles. The summed E-state index contributed by atoms with van der Waals surface area (Å²) in [7, 11) is 1.48. The Balaban J connectivity index is 2.06. The first-order valence-corrected chi connectivity index (χ1v) is 7.21. The van der Waals surface area contributed by atoms with Gasteiger partial charge in [0.25, 0.3) is 0 Å². The van der Waals surface area contributed by atoms with Crippen LogP contribution in [0.15, 0.2) is 35.7 Å². The Bertz CT molecular complexity index is 637. The average molecular weight is 305 g/mol. The highest BCUT2D eigenvalue weighted by atomic mass is 32.1. The quantitative estimate of drug-likeness (QED) is 0.860. The van der Waals surface area contributed by atoms with E-state index in [4.69, 9.17) is 9.84 Å². The zero-order valence-electron chi connectivity index (χ0n) is 11.5. The summed E-state index contributed by atoms with van der Waals surface area (Å²) in [4.78, 5) is 24.2. The van der Waals surface area contributed by atoms with E-state index in [2.05, 4.69) is 5.32 Å². The number of carboxylic acid groups (broad SMARTS) is 1. The van der Waals surface area contributed by atoms with Gasteiger partial charge in [0, 0.05) is 17.4 Å². The van der Waals surface area contributed by atoms with Crippen LogP contribution in [0.2, 0.25) is 0 Å². The fraction of sp³-hybridized carbons (Fsp3) is 0.200. The van der Waals surface area contributed by atoms with Crippen LogP contribution in [0.4, 0.5) is 5.69 Å². The van der Waals surface area contributed by atoms with Crippen molar-refractivity contribution in [1.29, 1.82) is 0 Å². The summed E-state index contributed by atoms with van der Waals surface area (Å²) in [6, 6.07) is 8.36. The van der Waals surface area contributed by atoms with Crippen LogP contribution in [0.5, 0.6) is 5.75 Å². The SMILES string of the molecule is COc1ccc(C(=O)O)c(NC(=O)CCc2cccs2)c1. The third-order valence-corrected chi connectivity index (χ3v) is 3.85. The van der Waals surface area contributed by atoms with Gasteiger partial charge >= 0.3 is 5.97 Å². The Morgan fingerprint density at radius 2 is 2.14 bits per heavy atom. The lowest BCUT2D eigenvalue weighted by Gasteiger charge is -2.10. The van der Waals surface area contributed by atoms with Crippen molar-refractivity contribution >= 4 is 28.9 Å². The zero-order chi connectivity index (χ0) is 15.2. The van der Waals surface area contributed by atoms with Gasteiger partial charge in [-0.3, -0.25) is 4.79 Å². The van der Waals surface area contributed by atoms with Crippen LogP contribution in [0.3, 0.4) is 0 Å². The van der Waals surface area contributed by atoms with E-state index >= 15 is 0 Å². The van der Waals surface area contributed by atoms with Gasteiger partial charge in [0.05, 0.1) is 18.4 Å². The second-order valence-electron chi connectivity index (χ2n) is 4.34. The zero-order valence-corrected chi connectivity index (χ0v) is 12.3. The molecule has 0 radical (unpaired) electrons. The number of aromatic carboxylic acids is 1. The summed E-state index contributed by atoms with van der Waals surface area (Å²) in [5, 5.41) is 13.7. The Morgan fingerprint density at radius 3 is 2.76 bits per heavy atom. The molecule has 1 aromatic heterocycles. The lowest BCUT2D eigenvalue weighted by molar-refractivity contribution is -0.116. The normalized spacial score (nSPS) is 10.1. The van der Waals surface area contributed by atoms with Crippen molar-refractivity contribution in [1.82, 2.24) is 0 Å². The van der Waals surface area contributed by atoms with Crippen LogP contribution in [0.25, 0.3) is 0 Å². The second kappa shape index (κ2) is 6.90. The number of hydrogen-bond acceptors (Lipinski definition) is 4. The Hall–Kier alpha value is -2.34. The fourth-order valence-corrected chi connectivity index (χ4v) is 2.55. The number of carbonyl (C=O) groups is 2. The second-order valence-corrected chi connectivity index (χ2v) is 5.38. The number of ether oxygens (including phenoxy) is 1. The molecule has 1 amide bonds. The van der Waals surface area contributed by atoms with E-state index in [0.29, 0.717) is 18.6 Å². The third-order valence-electron chi connectivity index (χ3n) is 2.91. The summed E-state index contributed by atoms with van der Waals surface area (Å²) in [5.41, 5.74) is 0.290. The molecular weight excluding hydrogens is 290 g/mol. The number of nitrogens with one attached hydrogen (secondary N) is 1. The van der Waals surface area contributed by atoms with Gasteiger partial charge in [0.15, 0.2) is 0 Å². The van der Waals surface area contributed by atoms with Gasteiger partial charge < -0.3 is 15.2 Å². The van der Waals surface area contributed by atoms with E-state index in [9.17, 15) is 9.59 Å². The van der Waals surface area contributed by atoms with Gasteiger partial charge in [-0.2, -0.15) is 0 Å². The third kappa shape index (κ3) is 4.06. The van der Waals surface area contributed by atoms with Gasteiger partial charge in [-0.25, -0.2) is 4.79 Å². The topological polar surface area (TPSA) is 75.6 Å². The highest BCUT2D eigenvalue weighted by Gasteiger charge is 2.13. The highest BCUT2D eigenvalue weighted by Crippen LogP contribution is 2.23. The maximum absolute atomic E-state index is 11.9. The minimum Gasteiger partial charge on any atom is -0.497 e. The highest BCUT2D eigenvalue weighted by molar-refractivity contribution is 7.09. The molecule has 0 atom stereocenters. The first-order valence-electron chi connectivity index (χ1n) is 6.33. The molecule has 0 bridgehead atoms. The van der Waals surface area contributed by atoms with E-state index in [-0.39, 0.29) is 17.2 Å². The number of amides is 1. The number of methoxy groups -OCH3 is 1. The molecule has 6 heteroatoms. The van der Waals surface area contributed by atoms with E-state index < -0.39 is 5.97 Å². The van der Waals surface area contributed by atoms with Gasteiger partial charge in [0.1, 0.15) is 5.75 Å². The average Bonchev–Trinajstić information content (AvgIpc) is 2.98. The van der Waals surface area contributed by atoms with Gasteiger partial charge in [-0.15, -0.1) is 11.3 Å². The van der Waals surface area contributed by atoms with E-state index in [0.717, 1.165) is 4.88 Å². The largest absolute Gasteiger partial charge is 0.497 e. The molecule has 2 rings (SSSR count). The maximum atomic E-state index is 11.9.